The van der Waals surface area contributed by atoms with Gasteiger partial charge in [-0.25, -0.2) is 4.98 Å². The molecule has 21 heavy (non-hydrogen) atoms. The molecule has 2 fully saturated rings. The summed E-state index contributed by atoms with van der Waals surface area (Å²) in [7, 11) is 0. The van der Waals surface area contributed by atoms with Crippen LogP contribution in [0.1, 0.15) is 30.5 Å². The lowest BCUT2D eigenvalue weighted by Crippen LogP contribution is -2.39. The molecule has 3 heterocycles. The molecule has 4 heteroatoms. The van der Waals surface area contributed by atoms with Gasteiger partial charge in [-0.05, 0) is 38.2 Å². The van der Waals surface area contributed by atoms with Crippen LogP contribution >= 0.6 is 0 Å². The van der Waals surface area contributed by atoms with Crippen molar-refractivity contribution < 1.29 is 4.74 Å². The molecule has 4 nitrogen and oxygen atoms in total. The van der Waals surface area contributed by atoms with Crippen LogP contribution in [0.5, 0.6) is 0 Å². The van der Waals surface area contributed by atoms with Crippen LogP contribution in [0, 0.1) is 12.8 Å². The van der Waals surface area contributed by atoms with Crippen LogP contribution in [0.2, 0.25) is 0 Å². The lowest BCUT2D eigenvalue weighted by atomic mass is 10.1. The second-order valence-corrected chi connectivity index (χ2v) is 6.81. The first-order valence-corrected chi connectivity index (χ1v) is 8.33. The molecule has 1 aromatic rings. The number of pyridine rings is 1. The minimum absolute atomic E-state index is 0.597. The van der Waals surface area contributed by atoms with E-state index >= 15 is 0 Å². The first-order chi connectivity index (χ1) is 10.3. The molecule has 114 valence electrons. The lowest BCUT2D eigenvalue weighted by molar-refractivity contribution is 0.142. The molecule has 1 saturated carbocycles. The van der Waals surface area contributed by atoms with Gasteiger partial charge in [0.05, 0.1) is 6.61 Å². The summed E-state index contributed by atoms with van der Waals surface area (Å²) in [5.41, 5.74) is 2.53. The topological polar surface area (TPSA) is 28.6 Å². The van der Waals surface area contributed by atoms with Crippen LogP contribution in [0.25, 0.3) is 0 Å². The van der Waals surface area contributed by atoms with Crippen LogP contribution in [-0.4, -0.2) is 48.8 Å². The molecule has 0 radical (unpaired) electrons. The standard InChI is InChI=1S/C17H25N3O/c1-13-2-5-15-11-19(16-6-9-21-12-16)7-8-20(17(15)18-13)10-14-3-4-14/h2,5,14,16H,3-4,6-12H2,1H3. The summed E-state index contributed by atoms with van der Waals surface area (Å²) in [6.07, 6.45) is 3.98. The number of fused-ring (bicyclic) bond motifs is 1. The number of aryl methyl sites for hydroxylation is 1. The van der Waals surface area contributed by atoms with Gasteiger partial charge in [0.25, 0.3) is 0 Å². The molecule has 0 spiro atoms. The van der Waals surface area contributed by atoms with Crippen molar-refractivity contribution in [2.24, 2.45) is 5.92 Å². The first kappa shape index (κ1) is 13.5. The van der Waals surface area contributed by atoms with Gasteiger partial charge in [-0.2, -0.15) is 0 Å². The molecular weight excluding hydrogens is 262 g/mol. The van der Waals surface area contributed by atoms with Crippen LogP contribution in [0.15, 0.2) is 12.1 Å². The fraction of sp³-hybridized carbons (Fsp3) is 0.706. The van der Waals surface area contributed by atoms with E-state index in [-0.39, 0.29) is 0 Å². The highest BCUT2D eigenvalue weighted by atomic mass is 16.5. The third-order valence-electron chi connectivity index (χ3n) is 5.02. The maximum absolute atomic E-state index is 5.59. The second kappa shape index (κ2) is 5.58. The molecule has 1 atom stereocenters. The Labute approximate surface area is 127 Å². The Morgan fingerprint density at radius 1 is 1.24 bits per heavy atom. The van der Waals surface area contributed by atoms with E-state index in [2.05, 4.69) is 28.9 Å². The van der Waals surface area contributed by atoms with Gasteiger partial charge in [-0.15, -0.1) is 0 Å². The Morgan fingerprint density at radius 2 is 2.14 bits per heavy atom. The zero-order chi connectivity index (χ0) is 14.2. The molecule has 1 aliphatic carbocycles. The quantitative estimate of drug-likeness (QED) is 0.852. The van der Waals surface area contributed by atoms with E-state index in [1.54, 1.807) is 0 Å². The number of ether oxygens (including phenoxy) is 1. The van der Waals surface area contributed by atoms with E-state index in [4.69, 9.17) is 9.72 Å². The predicted molar refractivity (Wildman–Crippen MR) is 83.5 cm³/mol. The third-order valence-corrected chi connectivity index (χ3v) is 5.02. The van der Waals surface area contributed by atoms with E-state index in [0.29, 0.717) is 6.04 Å². The molecule has 1 aromatic heterocycles. The van der Waals surface area contributed by atoms with Crippen LogP contribution in [0.4, 0.5) is 5.82 Å². The Kier molecular flexibility index (Phi) is 3.59. The fourth-order valence-corrected chi connectivity index (χ4v) is 3.53. The monoisotopic (exact) mass is 287 g/mol. The van der Waals surface area contributed by atoms with Gasteiger partial charge in [0.2, 0.25) is 0 Å². The molecule has 1 saturated heterocycles. The van der Waals surface area contributed by atoms with Gasteiger partial charge in [-0.3, -0.25) is 4.90 Å². The van der Waals surface area contributed by atoms with Crippen LogP contribution in [0.3, 0.4) is 0 Å². The van der Waals surface area contributed by atoms with Gasteiger partial charge < -0.3 is 9.64 Å². The largest absolute Gasteiger partial charge is 0.380 e. The van der Waals surface area contributed by atoms with Crippen molar-refractivity contribution >= 4 is 5.82 Å². The van der Waals surface area contributed by atoms with E-state index < -0.39 is 0 Å². The number of nitrogens with zero attached hydrogens (tertiary/aromatic N) is 3. The highest BCUT2D eigenvalue weighted by molar-refractivity contribution is 5.49. The Balaban J connectivity index is 1.60. The molecule has 0 aromatic carbocycles. The average molecular weight is 287 g/mol. The Morgan fingerprint density at radius 3 is 2.90 bits per heavy atom. The fourth-order valence-electron chi connectivity index (χ4n) is 3.53. The minimum atomic E-state index is 0.597. The summed E-state index contributed by atoms with van der Waals surface area (Å²) in [5, 5.41) is 0. The van der Waals surface area contributed by atoms with Gasteiger partial charge in [0.1, 0.15) is 5.82 Å². The number of aromatic nitrogens is 1. The molecule has 2 aliphatic heterocycles. The van der Waals surface area contributed by atoms with E-state index in [0.717, 1.165) is 44.5 Å². The van der Waals surface area contributed by atoms with E-state index in [9.17, 15) is 0 Å². The Hall–Kier alpha value is -1.13. The number of anilines is 1. The molecule has 3 aliphatic rings. The van der Waals surface area contributed by atoms with Crippen molar-refractivity contribution in [3.05, 3.63) is 23.4 Å². The first-order valence-electron chi connectivity index (χ1n) is 8.33. The van der Waals surface area contributed by atoms with Gasteiger partial charge in [0, 0.05) is 50.1 Å². The second-order valence-electron chi connectivity index (χ2n) is 6.81. The summed E-state index contributed by atoms with van der Waals surface area (Å²) in [5.74, 6) is 2.14. The summed E-state index contributed by atoms with van der Waals surface area (Å²) in [4.78, 5) is 10.0. The van der Waals surface area contributed by atoms with Crippen molar-refractivity contribution in [3.8, 4) is 0 Å². The summed E-state index contributed by atoms with van der Waals surface area (Å²) in [6.45, 7) is 8.38. The van der Waals surface area contributed by atoms with E-state index in [1.807, 2.05) is 0 Å². The van der Waals surface area contributed by atoms with Gasteiger partial charge in [-0.1, -0.05) is 6.07 Å². The number of rotatable bonds is 3. The number of hydrogen-bond acceptors (Lipinski definition) is 4. The predicted octanol–water partition coefficient (Wildman–Crippen LogP) is 2.21. The summed E-state index contributed by atoms with van der Waals surface area (Å²) < 4.78 is 5.59. The van der Waals surface area contributed by atoms with Crippen LogP contribution in [-0.2, 0) is 11.3 Å². The zero-order valence-corrected chi connectivity index (χ0v) is 12.9. The maximum atomic E-state index is 5.59. The average Bonchev–Trinajstić information content (AvgIpc) is 3.18. The highest BCUT2D eigenvalue weighted by Crippen LogP contribution is 2.33. The van der Waals surface area contributed by atoms with Crippen molar-refractivity contribution in [2.75, 3.05) is 37.7 Å². The van der Waals surface area contributed by atoms with Crippen molar-refractivity contribution in [2.45, 2.75) is 38.8 Å². The molecular formula is C17H25N3O. The maximum Gasteiger partial charge on any atom is 0.133 e. The van der Waals surface area contributed by atoms with Gasteiger partial charge >= 0.3 is 0 Å². The molecule has 0 N–H and O–H groups in total. The van der Waals surface area contributed by atoms with Gasteiger partial charge in [0.15, 0.2) is 0 Å². The Bertz CT molecular complexity index is 509. The van der Waals surface area contributed by atoms with Crippen molar-refractivity contribution in [1.29, 1.82) is 0 Å². The minimum Gasteiger partial charge on any atom is -0.380 e. The lowest BCUT2D eigenvalue weighted by Gasteiger charge is -2.26. The summed E-state index contributed by atoms with van der Waals surface area (Å²) >= 11 is 0. The number of hydrogen-bond donors (Lipinski definition) is 0. The molecule has 0 amide bonds. The normalized spacial score (nSPS) is 26.7. The SMILES string of the molecule is Cc1ccc2c(n1)N(CC1CC1)CCN(C1CCOC1)C2. The van der Waals surface area contributed by atoms with E-state index in [1.165, 1.54) is 37.2 Å². The molecule has 1 unspecified atom stereocenters. The molecule has 4 rings (SSSR count). The zero-order valence-electron chi connectivity index (χ0n) is 12.9. The highest BCUT2D eigenvalue weighted by Gasteiger charge is 2.31. The third kappa shape index (κ3) is 2.92. The molecule has 0 bridgehead atoms. The van der Waals surface area contributed by atoms with Crippen molar-refractivity contribution in [1.82, 2.24) is 9.88 Å². The smallest absolute Gasteiger partial charge is 0.133 e. The van der Waals surface area contributed by atoms with Crippen LogP contribution < -0.4 is 4.90 Å². The van der Waals surface area contributed by atoms with Crippen molar-refractivity contribution in [3.63, 3.8) is 0 Å². The summed E-state index contributed by atoms with van der Waals surface area (Å²) in [6, 6.07) is 5.04.